The zero-order valence-electron chi connectivity index (χ0n) is 10.9. The van der Waals surface area contributed by atoms with E-state index in [1.807, 2.05) is 0 Å². The van der Waals surface area contributed by atoms with Gasteiger partial charge in [-0.05, 0) is 12.1 Å². The summed E-state index contributed by atoms with van der Waals surface area (Å²) in [6, 6.07) is 2.09. The van der Waals surface area contributed by atoms with Crippen molar-refractivity contribution in [3.8, 4) is 0 Å². The third kappa shape index (κ3) is 3.01. The molecule has 0 bridgehead atoms. The maximum atomic E-state index is 13.2. The van der Waals surface area contributed by atoms with Gasteiger partial charge in [0.05, 0.1) is 10.5 Å². The first kappa shape index (κ1) is 14.9. The molecule has 1 aromatic rings. The first-order chi connectivity index (χ1) is 9.71. The van der Waals surface area contributed by atoms with E-state index in [0.717, 1.165) is 12.1 Å². The summed E-state index contributed by atoms with van der Waals surface area (Å²) in [5.41, 5.74) is 4.54. The number of nitro benzene ring substituents is 1. The van der Waals surface area contributed by atoms with Crippen LogP contribution in [-0.4, -0.2) is 35.0 Å². The van der Waals surface area contributed by atoms with Crippen molar-refractivity contribution in [1.82, 2.24) is 0 Å². The molecular formula is C12H13F2N3O4. The fourth-order valence-corrected chi connectivity index (χ4v) is 2.28. The molecule has 2 rings (SSSR count). The van der Waals surface area contributed by atoms with Gasteiger partial charge in [0.15, 0.2) is 0 Å². The number of halogens is 2. The highest BCUT2D eigenvalue weighted by molar-refractivity contribution is 5.93. The van der Waals surface area contributed by atoms with Crippen LogP contribution in [0.4, 0.5) is 25.8 Å². The van der Waals surface area contributed by atoms with E-state index in [4.69, 9.17) is 10.8 Å². The predicted octanol–water partition coefficient (Wildman–Crippen LogP) is 2.11. The van der Waals surface area contributed by atoms with Gasteiger partial charge < -0.3 is 15.7 Å². The number of hydrogen-bond acceptors (Lipinski definition) is 5. The van der Waals surface area contributed by atoms with Crippen molar-refractivity contribution in [3.63, 3.8) is 0 Å². The zero-order chi connectivity index (χ0) is 15.8. The van der Waals surface area contributed by atoms with Gasteiger partial charge in [-0.3, -0.25) is 10.1 Å². The number of hydrogen-bond donors (Lipinski definition) is 2. The minimum Gasteiger partial charge on any atom is -0.478 e. The summed E-state index contributed by atoms with van der Waals surface area (Å²) >= 11 is 0. The highest BCUT2D eigenvalue weighted by atomic mass is 19.3. The standard InChI is InChI=1S/C12H13F2N3O4/c13-12(14)1-3-16(4-2-12)9-6-7(11(18)19)5-8(15)10(9)17(20)21/h5-6H,1-4,15H2,(H,18,19). The average molecular weight is 301 g/mol. The minimum absolute atomic E-state index is 0.0344. The molecule has 1 aliphatic rings. The number of carboxylic acid groups (broad SMARTS) is 1. The number of nitro groups is 1. The van der Waals surface area contributed by atoms with E-state index in [2.05, 4.69) is 0 Å². The normalized spacial score (nSPS) is 17.5. The number of aromatic carboxylic acids is 1. The van der Waals surface area contributed by atoms with Crippen LogP contribution in [0.25, 0.3) is 0 Å². The maximum Gasteiger partial charge on any atom is 0.335 e. The number of alkyl halides is 2. The van der Waals surface area contributed by atoms with Crippen LogP contribution in [0.1, 0.15) is 23.2 Å². The Bertz CT molecular complexity index is 596. The molecule has 0 aromatic heterocycles. The van der Waals surface area contributed by atoms with Gasteiger partial charge in [-0.1, -0.05) is 0 Å². The number of carbonyl (C=O) groups is 1. The number of nitrogens with zero attached hydrogens (tertiary/aromatic N) is 2. The van der Waals surface area contributed by atoms with Crippen LogP contribution in [0.3, 0.4) is 0 Å². The van der Waals surface area contributed by atoms with Gasteiger partial charge in [-0.2, -0.15) is 0 Å². The van der Waals surface area contributed by atoms with Gasteiger partial charge in [0.2, 0.25) is 0 Å². The molecule has 3 N–H and O–H groups in total. The van der Waals surface area contributed by atoms with Gasteiger partial charge in [0.25, 0.3) is 5.92 Å². The molecule has 0 saturated carbocycles. The summed E-state index contributed by atoms with van der Waals surface area (Å²) in [5.74, 6) is -4.10. The molecule has 1 saturated heterocycles. The molecule has 0 radical (unpaired) electrons. The Morgan fingerprint density at radius 3 is 2.43 bits per heavy atom. The van der Waals surface area contributed by atoms with Crippen molar-refractivity contribution in [1.29, 1.82) is 0 Å². The third-order valence-electron chi connectivity index (χ3n) is 3.38. The quantitative estimate of drug-likeness (QED) is 0.502. The van der Waals surface area contributed by atoms with Gasteiger partial charge in [0, 0.05) is 25.9 Å². The molecule has 7 nitrogen and oxygen atoms in total. The Morgan fingerprint density at radius 2 is 1.95 bits per heavy atom. The lowest BCUT2D eigenvalue weighted by Crippen LogP contribution is -2.39. The lowest BCUT2D eigenvalue weighted by atomic mass is 10.0. The van der Waals surface area contributed by atoms with Crippen LogP contribution in [0, 0.1) is 10.1 Å². The fraction of sp³-hybridized carbons (Fsp3) is 0.417. The van der Waals surface area contributed by atoms with Crippen molar-refractivity contribution in [2.24, 2.45) is 0 Å². The van der Waals surface area contributed by atoms with E-state index in [0.29, 0.717) is 0 Å². The van der Waals surface area contributed by atoms with E-state index in [-0.39, 0.29) is 30.0 Å². The van der Waals surface area contributed by atoms with Gasteiger partial charge in [0.1, 0.15) is 11.4 Å². The summed E-state index contributed by atoms with van der Waals surface area (Å²) in [4.78, 5) is 22.7. The molecular weight excluding hydrogens is 288 g/mol. The first-order valence-corrected chi connectivity index (χ1v) is 6.15. The first-order valence-electron chi connectivity index (χ1n) is 6.15. The van der Waals surface area contributed by atoms with Crippen molar-refractivity contribution in [3.05, 3.63) is 27.8 Å². The van der Waals surface area contributed by atoms with Crippen LogP contribution in [-0.2, 0) is 0 Å². The molecule has 1 fully saturated rings. The van der Waals surface area contributed by atoms with Gasteiger partial charge in [-0.15, -0.1) is 0 Å². The van der Waals surface area contributed by atoms with Crippen molar-refractivity contribution in [2.75, 3.05) is 23.7 Å². The second-order valence-electron chi connectivity index (χ2n) is 4.84. The number of nitrogen functional groups attached to an aromatic ring is 1. The summed E-state index contributed by atoms with van der Waals surface area (Å²) in [7, 11) is 0. The van der Waals surface area contributed by atoms with Crippen molar-refractivity contribution < 1.29 is 23.6 Å². The SMILES string of the molecule is Nc1cc(C(=O)O)cc(N2CCC(F)(F)CC2)c1[N+](=O)[O-]. The Labute approximate surface area is 118 Å². The molecule has 1 aliphatic heterocycles. The zero-order valence-corrected chi connectivity index (χ0v) is 10.9. The van der Waals surface area contributed by atoms with Gasteiger partial charge >= 0.3 is 11.7 Å². The van der Waals surface area contributed by atoms with Crippen LogP contribution in [0.5, 0.6) is 0 Å². The lowest BCUT2D eigenvalue weighted by Gasteiger charge is -2.33. The molecule has 114 valence electrons. The van der Waals surface area contributed by atoms with E-state index in [1.54, 1.807) is 0 Å². The predicted molar refractivity (Wildman–Crippen MR) is 70.9 cm³/mol. The second kappa shape index (κ2) is 5.15. The molecule has 1 aromatic carbocycles. The topological polar surface area (TPSA) is 110 Å². The molecule has 0 aliphatic carbocycles. The molecule has 21 heavy (non-hydrogen) atoms. The van der Waals surface area contributed by atoms with Crippen molar-refractivity contribution in [2.45, 2.75) is 18.8 Å². The molecule has 0 atom stereocenters. The number of carboxylic acids is 1. The third-order valence-corrected chi connectivity index (χ3v) is 3.38. The van der Waals surface area contributed by atoms with E-state index < -0.39 is 35.3 Å². The van der Waals surface area contributed by atoms with Crippen LogP contribution in [0.15, 0.2) is 12.1 Å². The maximum absolute atomic E-state index is 13.2. The fourth-order valence-electron chi connectivity index (χ4n) is 2.28. The average Bonchev–Trinajstić information content (AvgIpc) is 2.37. The highest BCUT2D eigenvalue weighted by Crippen LogP contribution is 2.38. The Morgan fingerprint density at radius 1 is 1.38 bits per heavy atom. The Balaban J connectivity index is 2.45. The van der Waals surface area contributed by atoms with E-state index >= 15 is 0 Å². The summed E-state index contributed by atoms with van der Waals surface area (Å²) in [6.07, 6.45) is -0.886. The van der Waals surface area contributed by atoms with Crippen LogP contribution < -0.4 is 10.6 Å². The van der Waals surface area contributed by atoms with E-state index in [1.165, 1.54) is 4.90 Å². The second-order valence-corrected chi connectivity index (χ2v) is 4.84. The molecule has 1 heterocycles. The summed E-state index contributed by atoms with van der Waals surface area (Å²) < 4.78 is 26.3. The monoisotopic (exact) mass is 301 g/mol. The number of benzene rings is 1. The lowest BCUT2D eigenvalue weighted by molar-refractivity contribution is -0.383. The smallest absolute Gasteiger partial charge is 0.335 e. The highest BCUT2D eigenvalue weighted by Gasteiger charge is 2.36. The van der Waals surface area contributed by atoms with Crippen LogP contribution in [0.2, 0.25) is 0 Å². The number of anilines is 2. The van der Waals surface area contributed by atoms with E-state index in [9.17, 15) is 23.7 Å². The number of nitrogens with two attached hydrogens (primary N) is 1. The summed E-state index contributed by atoms with van der Waals surface area (Å²) in [6.45, 7) is -0.202. The summed E-state index contributed by atoms with van der Waals surface area (Å²) in [5, 5.41) is 20.1. The van der Waals surface area contributed by atoms with Crippen molar-refractivity contribution >= 4 is 23.0 Å². The Kier molecular flexibility index (Phi) is 3.67. The number of piperidine rings is 1. The van der Waals surface area contributed by atoms with Gasteiger partial charge in [-0.25, -0.2) is 13.6 Å². The number of rotatable bonds is 3. The minimum atomic E-state index is -2.80. The molecule has 0 spiro atoms. The Hall–Kier alpha value is -2.45. The molecule has 0 unspecified atom stereocenters. The molecule has 9 heteroatoms. The van der Waals surface area contributed by atoms with Crippen LogP contribution >= 0.6 is 0 Å². The molecule has 0 amide bonds. The largest absolute Gasteiger partial charge is 0.478 e.